The van der Waals surface area contributed by atoms with Gasteiger partial charge in [0.1, 0.15) is 6.04 Å². The molecule has 33 heavy (non-hydrogen) atoms. The van der Waals surface area contributed by atoms with E-state index in [1.54, 1.807) is 9.80 Å². The second kappa shape index (κ2) is 14.3. The summed E-state index contributed by atoms with van der Waals surface area (Å²) >= 11 is 2.21. The molecule has 0 radical (unpaired) electrons. The molecule has 0 aliphatic carbocycles. The Bertz CT molecular complexity index is 801. The number of urea groups is 1. The SMILES string of the molecule is CC(=O)SCCN(CCc1ccccc1)C(=O)NC(CSC(C)=O)C(=O)N1CCN(C)CC1. The number of piperazine rings is 1. The van der Waals surface area contributed by atoms with Crippen LogP contribution in [0.2, 0.25) is 0 Å². The van der Waals surface area contributed by atoms with E-state index in [1.165, 1.54) is 25.6 Å². The topological polar surface area (TPSA) is 90.0 Å². The normalized spacial score (nSPS) is 15.1. The zero-order valence-corrected chi connectivity index (χ0v) is 21.3. The molecule has 1 aromatic rings. The lowest BCUT2D eigenvalue weighted by molar-refractivity contribution is -0.134. The molecule has 1 N–H and O–H groups in total. The van der Waals surface area contributed by atoms with Gasteiger partial charge in [0.25, 0.3) is 0 Å². The Morgan fingerprint density at radius 2 is 1.61 bits per heavy atom. The number of likely N-dealkylation sites (N-methyl/N-ethyl adjacent to an activating group) is 1. The molecule has 1 unspecified atom stereocenters. The minimum Gasteiger partial charge on any atom is -0.338 e. The van der Waals surface area contributed by atoms with E-state index in [0.717, 1.165) is 30.4 Å². The Labute approximate surface area is 204 Å². The predicted molar refractivity (Wildman–Crippen MR) is 134 cm³/mol. The van der Waals surface area contributed by atoms with Crippen LogP contribution in [0.1, 0.15) is 19.4 Å². The summed E-state index contributed by atoms with van der Waals surface area (Å²) in [6.07, 6.45) is 0.665. The number of carbonyl (C=O) groups is 4. The van der Waals surface area contributed by atoms with Gasteiger partial charge >= 0.3 is 6.03 Å². The molecule has 3 amide bonds. The van der Waals surface area contributed by atoms with Gasteiger partial charge in [0.2, 0.25) is 5.91 Å². The maximum Gasteiger partial charge on any atom is 0.318 e. The van der Waals surface area contributed by atoms with Gasteiger partial charge in [-0.3, -0.25) is 14.4 Å². The molecule has 2 rings (SSSR count). The Kier molecular flexibility index (Phi) is 11.8. The third kappa shape index (κ3) is 10.2. The number of hydrogen-bond donors (Lipinski definition) is 1. The van der Waals surface area contributed by atoms with E-state index in [4.69, 9.17) is 0 Å². The molecule has 10 heteroatoms. The Hall–Kier alpha value is -2.04. The van der Waals surface area contributed by atoms with E-state index in [9.17, 15) is 19.2 Å². The molecule has 1 fully saturated rings. The standard InChI is InChI=1S/C23H34N4O4S2/c1-18(28)32-16-15-27(10-9-20-7-5-4-6-8-20)23(31)24-21(17-33-19(2)29)22(30)26-13-11-25(3)12-14-26/h4-8,21H,9-17H2,1-3H3,(H,24,31). The van der Waals surface area contributed by atoms with Crippen LogP contribution in [-0.2, 0) is 20.8 Å². The third-order valence-electron chi connectivity index (χ3n) is 5.33. The number of nitrogens with one attached hydrogen (secondary N) is 1. The van der Waals surface area contributed by atoms with Crippen molar-refractivity contribution in [2.75, 3.05) is 57.8 Å². The summed E-state index contributed by atoms with van der Waals surface area (Å²) in [6, 6.07) is 8.72. The molecule has 1 aromatic carbocycles. The zero-order chi connectivity index (χ0) is 24.2. The number of nitrogens with zero attached hydrogens (tertiary/aromatic N) is 3. The maximum absolute atomic E-state index is 13.2. The highest BCUT2D eigenvalue weighted by Crippen LogP contribution is 2.11. The summed E-state index contributed by atoms with van der Waals surface area (Å²) in [4.78, 5) is 54.8. The molecule has 1 atom stereocenters. The van der Waals surface area contributed by atoms with Crippen molar-refractivity contribution in [3.05, 3.63) is 35.9 Å². The zero-order valence-electron chi connectivity index (χ0n) is 19.6. The average Bonchev–Trinajstić information content (AvgIpc) is 2.79. The van der Waals surface area contributed by atoms with Gasteiger partial charge < -0.3 is 20.0 Å². The number of carbonyl (C=O) groups excluding carboxylic acids is 4. The number of benzene rings is 1. The molecule has 0 spiro atoms. The van der Waals surface area contributed by atoms with Crippen LogP contribution >= 0.6 is 23.5 Å². The second-order valence-electron chi connectivity index (χ2n) is 8.00. The van der Waals surface area contributed by atoms with Gasteiger partial charge in [-0.1, -0.05) is 53.9 Å². The minimum absolute atomic E-state index is 0.000559. The quantitative estimate of drug-likeness (QED) is 0.532. The van der Waals surface area contributed by atoms with Crippen LogP contribution in [0.3, 0.4) is 0 Å². The van der Waals surface area contributed by atoms with E-state index in [2.05, 4.69) is 10.2 Å². The highest BCUT2D eigenvalue weighted by atomic mass is 32.2. The van der Waals surface area contributed by atoms with Crippen molar-refractivity contribution in [1.82, 2.24) is 20.0 Å². The second-order valence-corrected chi connectivity index (χ2v) is 10.5. The first-order chi connectivity index (χ1) is 15.8. The van der Waals surface area contributed by atoms with Gasteiger partial charge in [-0.05, 0) is 19.0 Å². The van der Waals surface area contributed by atoms with E-state index < -0.39 is 6.04 Å². The van der Waals surface area contributed by atoms with Crippen molar-refractivity contribution in [3.63, 3.8) is 0 Å². The van der Waals surface area contributed by atoms with Crippen LogP contribution in [0, 0.1) is 0 Å². The number of amides is 3. The molecule has 1 aliphatic heterocycles. The van der Waals surface area contributed by atoms with E-state index in [0.29, 0.717) is 38.4 Å². The summed E-state index contributed by atoms with van der Waals surface area (Å²) in [5.41, 5.74) is 1.10. The molecular formula is C23H34N4O4S2. The summed E-state index contributed by atoms with van der Waals surface area (Å²) < 4.78 is 0. The molecule has 0 saturated carbocycles. The lowest BCUT2D eigenvalue weighted by Gasteiger charge is -2.35. The lowest BCUT2D eigenvalue weighted by Crippen LogP contribution is -2.57. The van der Waals surface area contributed by atoms with Crippen LogP contribution < -0.4 is 5.32 Å². The van der Waals surface area contributed by atoms with Crippen LogP contribution in [0.5, 0.6) is 0 Å². The smallest absolute Gasteiger partial charge is 0.318 e. The first kappa shape index (κ1) is 27.2. The third-order valence-corrected chi connectivity index (χ3v) is 7.03. The van der Waals surface area contributed by atoms with Gasteiger partial charge in [0, 0.05) is 64.6 Å². The largest absolute Gasteiger partial charge is 0.338 e. The first-order valence-electron chi connectivity index (χ1n) is 11.1. The van der Waals surface area contributed by atoms with Crippen LogP contribution in [0.15, 0.2) is 30.3 Å². The van der Waals surface area contributed by atoms with E-state index >= 15 is 0 Å². The van der Waals surface area contributed by atoms with Crippen molar-refractivity contribution in [2.45, 2.75) is 26.3 Å². The van der Waals surface area contributed by atoms with Crippen LogP contribution in [0.25, 0.3) is 0 Å². The van der Waals surface area contributed by atoms with Crippen molar-refractivity contribution in [3.8, 4) is 0 Å². The predicted octanol–water partition coefficient (Wildman–Crippen LogP) is 1.94. The Morgan fingerprint density at radius 3 is 2.21 bits per heavy atom. The number of rotatable bonds is 10. The van der Waals surface area contributed by atoms with Gasteiger partial charge in [-0.15, -0.1) is 0 Å². The van der Waals surface area contributed by atoms with Crippen molar-refractivity contribution in [2.24, 2.45) is 0 Å². The molecule has 1 aliphatic rings. The van der Waals surface area contributed by atoms with Crippen molar-refractivity contribution >= 4 is 45.7 Å². The highest BCUT2D eigenvalue weighted by Gasteiger charge is 2.29. The number of thioether (sulfide) groups is 2. The summed E-state index contributed by atoms with van der Waals surface area (Å²) in [6.45, 7) is 6.55. The van der Waals surface area contributed by atoms with E-state index in [-0.39, 0.29) is 27.9 Å². The van der Waals surface area contributed by atoms with Gasteiger partial charge in [-0.25, -0.2) is 4.79 Å². The first-order valence-corrected chi connectivity index (χ1v) is 13.1. The number of hydrogen-bond acceptors (Lipinski definition) is 7. The van der Waals surface area contributed by atoms with Gasteiger partial charge in [0.05, 0.1) is 0 Å². The molecule has 0 aromatic heterocycles. The molecular weight excluding hydrogens is 460 g/mol. The molecule has 8 nitrogen and oxygen atoms in total. The Balaban J connectivity index is 2.06. The Morgan fingerprint density at radius 1 is 0.970 bits per heavy atom. The van der Waals surface area contributed by atoms with Crippen molar-refractivity contribution < 1.29 is 19.2 Å². The lowest BCUT2D eigenvalue weighted by atomic mass is 10.1. The fourth-order valence-electron chi connectivity index (χ4n) is 3.39. The highest BCUT2D eigenvalue weighted by molar-refractivity contribution is 8.13. The fraction of sp³-hybridized carbons (Fsp3) is 0.565. The molecule has 182 valence electrons. The molecule has 1 heterocycles. The minimum atomic E-state index is -0.783. The summed E-state index contributed by atoms with van der Waals surface area (Å²) in [7, 11) is 2.01. The van der Waals surface area contributed by atoms with Crippen molar-refractivity contribution in [1.29, 1.82) is 0 Å². The monoisotopic (exact) mass is 494 g/mol. The molecule has 0 bridgehead atoms. The summed E-state index contributed by atoms with van der Waals surface area (Å²) in [5.74, 6) is 0.518. The molecule has 1 saturated heterocycles. The van der Waals surface area contributed by atoms with Crippen LogP contribution in [-0.4, -0.2) is 101 Å². The summed E-state index contributed by atoms with van der Waals surface area (Å²) in [5, 5.41) is 2.77. The maximum atomic E-state index is 13.2. The van der Waals surface area contributed by atoms with Gasteiger partial charge in [-0.2, -0.15) is 0 Å². The fourth-order valence-corrected chi connectivity index (χ4v) is 4.61. The van der Waals surface area contributed by atoms with Crippen LogP contribution in [0.4, 0.5) is 4.79 Å². The average molecular weight is 495 g/mol. The van der Waals surface area contributed by atoms with E-state index in [1.807, 2.05) is 37.4 Å². The van der Waals surface area contributed by atoms with Gasteiger partial charge in [0.15, 0.2) is 10.2 Å².